The normalized spacial score (nSPS) is 24.2. The standard InChI is InChI=1S/C13H9F7O/c1-6-2-4-7(5-3-6)9(21)8-10(14)12(17,18)13(19,20)11(8,15)16/h2-5,9,21H,1H3. The van der Waals surface area contributed by atoms with Crippen LogP contribution in [0.15, 0.2) is 35.7 Å². The number of aliphatic hydroxyl groups is 1. The van der Waals surface area contributed by atoms with E-state index < -0.39 is 35.3 Å². The van der Waals surface area contributed by atoms with E-state index in [4.69, 9.17) is 0 Å². The van der Waals surface area contributed by atoms with Crippen LogP contribution < -0.4 is 0 Å². The van der Waals surface area contributed by atoms with E-state index in [-0.39, 0.29) is 5.56 Å². The maximum Gasteiger partial charge on any atom is 0.382 e. The lowest BCUT2D eigenvalue weighted by atomic mass is 9.97. The van der Waals surface area contributed by atoms with E-state index in [9.17, 15) is 35.8 Å². The Bertz CT molecular complexity index is 589. The Balaban J connectivity index is 2.56. The van der Waals surface area contributed by atoms with Crippen molar-refractivity contribution in [1.29, 1.82) is 0 Å². The Kier molecular flexibility index (Phi) is 3.36. The van der Waals surface area contributed by atoms with Crippen molar-refractivity contribution >= 4 is 0 Å². The number of rotatable bonds is 2. The van der Waals surface area contributed by atoms with E-state index in [1.807, 2.05) is 0 Å². The maximum absolute atomic E-state index is 13.5. The van der Waals surface area contributed by atoms with Gasteiger partial charge >= 0.3 is 17.8 Å². The van der Waals surface area contributed by atoms with Crippen molar-refractivity contribution in [3.05, 3.63) is 46.8 Å². The monoisotopic (exact) mass is 314 g/mol. The predicted octanol–water partition coefficient (Wildman–Crippen LogP) is 4.17. The van der Waals surface area contributed by atoms with Crippen molar-refractivity contribution in [2.45, 2.75) is 30.8 Å². The highest BCUT2D eigenvalue weighted by Gasteiger charge is 2.81. The van der Waals surface area contributed by atoms with Gasteiger partial charge in [0, 0.05) is 0 Å². The van der Waals surface area contributed by atoms with E-state index in [0.29, 0.717) is 5.56 Å². The molecule has 1 aliphatic carbocycles. The number of benzene rings is 1. The second kappa shape index (κ2) is 4.46. The third kappa shape index (κ3) is 1.96. The van der Waals surface area contributed by atoms with Crippen LogP contribution >= 0.6 is 0 Å². The van der Waals surface area contributed by atoms with E-state index >= 15 is 0 Å². The van der Waals surface area contributed by atoms with Crippen molar-refractivity contribution in [2.75, 3.05) is 0 Å². The van der Waals surface area contributed by atoms with Crippen molar-refractivity contribution in [2.24, 2.45) is 0 Å². The molecule has 0 aliphatic heterocycles. The molecule has 0 heterocycles. The highest BCUT2D eigenvalue weighted by molar-refractivity contribution is 5.43. The maximum atomic E-state index is 13.5. The molecule has 1 N–H and O–H groups in total. The van der Waals surface area contributed by atoms with Crippen LogP contribution in [-0.2, 0) is 0 Å². The Labute approximate surface area is 114 Å². The minimum atomic E-state index is -5.94. The second-order valence-corrected chi connectivity index (χ2v) is 4.76. The number of allylic oxidation sites excluding steroid dienone is 1. The van der Waals surface area contributed by atoms with Gasteiger partial charge < -0.3 is 5.11 Å². The molecule has 1 aromatic rings. The Hall–Kier alpha value is -1.57. The number of hydrogen-bond acceptors (Lipinski definition) is 1. The van der Waals surface area contributed by atoms with E-state index in [2.05, 4.69) is 0 Å². The average Bonchev–Trinajstić information content (AvgIpc) is 2.46. The molecule has 0 aromatic heterocycles. The Morgan fingerprint density at radius 1 is 0.905 bits per heavy atom. The molecule has 0 fully saturated rings. The van der Waals surface area contributed by atoms with Gasteiger partial charge in [-0.15, -0.1) is 0 Å². The third-order valence-electron chi connectivity index (χ3n) is 3.31. The quantitative estimate of drug-likeness (QED) is 0.812. The summed E-state index contributed by atoms with van der Waals surface area (Å²) in [5, 5.41) is 9.64. The minimum Gasteiger partial charge on any atom is -0.384 e. The van der Waals surface area contributed by atoms with Gasteiger partial charge in [-0.05, 0) is 12.5 Å². The molecular formula is C13H9F7O. The summed E-state index contributed by atoms with van der Waals surface area (Å²) in [5.74, 6) is -20.1. The summed E-state index contributed by atoms with van der Waals surface area (Å²) in [6.45, 7) is 1.61. The molecule has 1 nitrogen and oxygen atoms in total. The second-order valence-electron chi connectivity index (χ2n) is 4.76. The van der Waals surface area contributed by atoms with Crippen LogP contribution in [0.1, 0.15) is 17.2 Å². The zero-order chi connectivity index (χ0) is 16.2. The fraction of sp³-hybridized carbons (Fsp3) is 0.385. The van der Waals surface area contributed by atoms with Crippen LogP contribution in [0.25, 0.3) is 0 Å². The number of hydrogen-bond donors (Lipinski definition) is 1. The van der Waals surface area contributed by atoms with Gasteiger partial charge in [-0.2, -0.15) is 26.3 Å². The summed E-state index contributed by atoms with van der Waals surface area (Å²) in [4.78, 5) is 0. The van der Waals surface area contributed by atoms with Crippen molar-refractivity contribution < 1.29 is 35.8 Å². The zero-order valence-electron chi connectivity index (χ0n) is 10.5. The summed E-state index contributed by atoms with van der Waals surface area (Å²) in [6.07, 6.45) is -2.60. The molecule has 0 spiro atoms. The molecule has 1 aromatic carbocycles. The van der Waals surface area contributed by atoms with Crippen LogP contribution in [0.2, 0.25) is 0 Å². The molecule has 2 rings (SSSR count). The zero-order valence-corrected chi connectivity index (χ0v) is 10.5. The molecule has 116 valence electrons. The molecule has 8 heteroatoms. The van der Waals surface area contributed by atoms with Crippen molar-refractivity contribution in [3.63, 3.8) is 0 Å². The van der Waals surface area contributed by atoms with Crippen LogP contribution in [0.4, 0.5) is 30.7 Å². The molecule has 0 amide bonds. The summed E-state index contributed by atoms with van der Waals surface area (Å²) in [6, 6.07) is 4.79. The van der Waals surface area contributed by atoms with Crippen molar-refractivity contribution in [3.8, 4) is 0 Å². The first-order valence-electron chi connectivity index (χ1n) is 5.73. The minimum absolute atomic E-state index is 0.390. The van der Waals surface area contributed by atoms with Gasteiger partial charge in [0.1, 0.15) is 6.10 Å². The number of aryl methyl sites for hydroxylation is 1. The smallest absolute Gasteiger partial charge is 0.382 e. The average molecular weight is 314 g/mol. The van der Waals surface area contributed by atoms with Gasteiger partial charge in [0.2, 0.25) is 0 Å². The van der Waals surface area contributed by atoms with Gasteiger partial charge in [-0.25, -0.2) is 4.39 Å². The van der Waals surface area contributed by atoms with Gasteiger partial charge in [-0.1, -0.05) is 29.8 Å². The Morgan fingerprint density at radius 2 is 1.38 bits per heavy atom. The van der Waals surface area contributed by atoms with E-state index in [0.717, 1.165) is 12.1 Å². The van der Waals surface area contributed by atoms with Crippen LogP contribution in [0.3, 0.4) is 0 Å². The number of alkyl halides is 6. The number of aliphatic hydroxyl groups excluding tert-OH is 1. The fourth-order valence-electron chi connectivity index (χ4n) is 2.02. The van der Waals surface area contributed by atoms with Gasteiger partial charge in [0.25, 0.3) is 0 Å². The molecule has 21 heavy (non-hydrogen) atoms. The van der Waals surface area contributed by atoms with Crippen LogP contribution in [0.5, 0.6) is 0 Å². The molecule has 0 bridgehead atoms. The topological polar surface area (TPSA) is 20.2 Å². The lowest BCUT2D eigenvalue weighted by Gasteiger charge is -2.26. The lowest BCUT2D eigenvalue weighted by Crippen LogP contribution is -2.49. The summed E-state index contributed by atoms with van der Waals surface area (Å²) in [5.41, 5.74) is -2.05. The predicted molar refractivity (Wildman–Crippen MR) is 59.1 cm³/mol. The fourth-order valence-corrected chi connectivity index (χ4v) is 2.02. The van der Waals surface area contributed by atoms with Gasteiger partial charge in [-0.3, -0.25) is 0 Å². The third-order valence-corrected chi connectivity index (χ3v) is 3.31. The van der Waals surface area contributed by atoms with Crippen molar-refractivity contribution in [1.82, 2.24) is 0 Å². The van der Waals surface area contributed by atoms with Gasteiger partial charge in [0.05, 0.1) is 5.57 Å². The first-order valence-corrected chi connectivity index (χ1v) is 5.73. The molecule has 1 atom stereocenters. The Morgan fingerprint density at radius 3 is 1.76 bits per heavy atom. The highest BCUT2D eigenvalue weighted by Crippen LogP contribution is 2.61. The van der Waals surface area contributed by atoms with Gasteiger partial charge in [0.15, 0.2) is 5.83 Å². The lowest BCUT2D eigenvalue weighted by molar-refractivity contribution is -0.269. The number of halogens is 7. The highest BCUT2D eigenvalue weighted by atomic mass is 19.3. The molecule has 0 radical (unpaired) electrons. The molecule has 1 aliphatic rings. The molecule has 1 unspecified atom stereocenters. The molecule has 0 saturated carbocycles. The first-order chi connectivity index (χ1) is 9.44. The SMILES string of the molecule is Cc1ccc(C(O)C2=C(F)C(F)(F)C(F)(F)C2(F)F)cc1. The largest absolute Gasteiger partial charge is 0.384 e. The molecular weight excluding hydrogens is 305 g/mol. The summed E-state index contributed by atoms with van der Waals surface area (Å²) in [7, 11) is 0. The van der Waals surface area contributed by atoms with Crippen LogP contribution in [0, 0.1) is 6.92 Å². The first kappa shape index (κ1) is 15.8. The summed E-state index contributed by atoms with van der Waals surface area (Å²) >= 11 is 0. The molecule has 0 saturated heterocycles. The van der Waals surface area contributed by atoms with E-state index in [1.54, 1.807) is 6.92 Å². The summed E-state index contributed by atoms with van der Waals surface area (Å²) < 4.78 is 92.5. The van der Waals surface area contributed by atoms with Crippen LogP contribution in [-0.4, -0.2) is 22.9 Å². The van der Waals surface area contributed by atoms with E-state index in [1.165, 1.54) is 12.1 Å².